The number of methoxy groups -OCH3 is 1. The van der Waals surface area contributed by atoms with Crippen molar-refractivity contribution in [2.45, 2.75) is 0 Å². The molecule has 0 heterocycles. The predicted molar refractivity (Wildman–Crippen MR) is 95.3 cm³/mol. The van der Waals surface area contributed by atoms with Crippen LogP contribution in [-0.4, -0.2) is 53.9 Å². The first-order chi connectivity index (χ1) is 12.9. The van der Waals surface area contributed by atoms with Crippen molar-refractivity contribution in [3.63, 3.8) is 0 Å². The SMILES string of the molecule is COc1ccccc1OCC(=O)NCCNC(=O)c1cc(O)c(O)c(O)c1. The molecule has 27 heavy (non-hydrogen) atoms. The van der Waals surface area contributed by atoms with Crippen LogP contribution in [-0.2, 0) is 4.79 Å². The van der Waals surface area contributed by atoms with E-state index < -0.39 is 23.2 Å². The maximum atomic E-state index is 11.9. The van der Waals surface area contributed by atoms with Gasteiger partial charge < -0.3 is 35.4 Å². The largest absolute Gasteiger partial charge is 0.504 e. The van der Waals surface area contributed by atoms with Crippen molar-refractivity contribution in [1.29, 1.82) is 0 Å². The number of phenols is 3. The molecule has 0 spiro atoms. The lowest BCUT2D eigenvalue weighted by atomic mass is 10.1. The van der Waals surface area contributed by atoms with Gasteiger partial charge in [-0.1, -0.05) is 12.1 Å². The van der Waals surface area contributed by atoms with E-state index in [0.29, 0.717) is 11.5 Å². The summed E-state index contributed by atoms with van der Waals surface area (Å²) in [6.07, 6.45) is 0. The third-order valence-electron chi connectivity index (χ3n) is 3.49. The topological polar surface area (TPSA) is 137 Å². The van der Waals surface area contributed by atoms with Gasteiger partial charge in [0.05, 0.1) is 7.11 Å². The van der Waals surface area contributed by atoms with Crippen molar-refractivity contribution >= 4 is 11.8 Å². The second kappa shape index (κ2) is 9.18. The smallest absolute Gasteiger partial charge is 0.258 e. The van der Waals surface area contributed by atoms with E-state index in [1.807, 2.05) is 0 Å². The van der Waals surface area contributed by atoms with Crippen LogP contribution in [0.4, 0.5) is 0 Å². The maximum absolute atomic E-state index is 11.9. The van der Waals surface area contributed by atoms with E-state index in [9.17, 15) is 24.9 Å². The lowest BCUT2D eigenvalue weighted by Gasteiger charge is -2.11. The van der Waals surface area contributed by atoms with E-state index >= 15 is 0 Å². The van der Waals surface area contributed by atoms with Crippen LogP contribution in [0.15, 0.2) is 36.4 Å². The third kappa shape index (κ3) is 5.43. The zero-order valence-corrected chi connectivity index (χ0v) is 14.6. The number of hydrogen-bond acceptors (Lipinski definition) is 7. The normalized spacial score (nSPS) is 10.1. The highest BCUT2D eigenvalue weighted by Gasteiger charge is 2.13. The molecule has 0 bridgehead atoms. The second-order valence-electron chi connectivity index (χ2n) is 5.41. The first-order valence-corrected chi connectivity index (χ1v) is 7.98. The summed E-state index contributed by atoms with van der Waals surface area (Å²) < 4.78 is 10.5. The Morgan fingerprint density at radius 3 is 2.19 bits per heavy atom. The van der Waals surface area contributed by atoms with Crippen LogP contribution in [0.5, 0.6) is 28.7 Å². The summed E-state index contributed by atoms with van der Waals surface area (Å²) in [5, 5.41) is 33.1. The molecule has 0 radical (unpaired) electrons. The van der Waals surface area contributed by atoms with Crippen LogP contribution in [0.3, 0.4) is 0 Å². The van der Waals surface area contributed by atoms with Crippen molar-refractivity contribution in [1.82, 2.24) is 10.6 Å². The highest BCUT2D eigenvalue weighted by Crippen LogP contribution is 2.35. The van der Waals surface area contributed by atoms with Gasteiger partial charge in [-0.05, 0) is 24.3 Å². The molecule has 0 aliphatic heterocycles. The summed E-state index contributed by atoms with van der Waals surface area (Å²) in [6, 6.07) is 8.96. The van der Waals surface area contributed by atoms with E-state index in [2.05, 4.69) is 10.6 Å². The fourth-order valence-corrected chi connectivity index (χ4v) is 2.15. The van der Waals surface area contributed by atoms with Gasteiger partial charge in [0.25, 0.3) is 11.8 Å². The lowest BCUT2D eigenvalue weighted by molar-refractivity contribution is -0.123. The van der Waals surface area contributed by atoms with Gasteiger partial charge in [-0.25, -0.2) is 0 Å². The van der Waals surface area contributed by atoms with E-state index in [0.717, 1.165) is 12.1 Å². The van der Waals surface area contributed by atoms with Crippen molar-refractivity contribution in [2.75, 3.05) is 26.8 Å². The number of carbonyl (C=O) groups is 2. The van der Waals surface area contributed by atoms with Gasteiger partial charge in [-0.15, -0.1) is 0 Å². The summed E-state index contributed by atoms with van der Waals surface area (Å²) in [5.41, 5.74) is -0.0337. The Morgan fingerprint density at radius 2 is 1.56 bits per heavy atom. The Balaban J connectivity index is 1.73. The Bertz CT molecular complexity index is 800. The van der Waals surface area contributed by atoms with Gasteiger partial charge >= 0.3 is 0 Å². The van der Waals surface area contributed by atoms with E-state index in [-0.39, 0.29) is 31.2 Å². The maximum Gasteiger partial charge on any atom is 0.258 e. The molecule has 0 atom stereocenters. The molecular formula is C18H20N2O7. The molecule has 0 aliphatic carbocycles. The zero-order chi connectivity index (χ0) is 19.8. The van der Waals surface area contributed by atoms with Crippen LogP contribution in [0.2, 0.25) is 0 Å². The molecule has 2 amide bonds. The van der Waals surface area contributed by atoms with E-state index in [1.54, 1.807) is 24.3 Å². The van der Waals surface area contributed by atoms with Crippen LogP contribution in [0.25, 0.3) is 0 Å². The van der Waals surface area contributed by atoms with Gasteiger partial charge in [0.15, 0.2) is 35.4 Å². The molecule has 2 aromatic carbocycles. The third-order valence-corrected chi connectivity index (χ3v) is 3.49. The molecule has 0 saturated heterocycles. The molecule has 9 heteroatoms. The van der Waals surface area contributed by atoms with Crippen molar-refractivity contribution < 1.29 is 34.4 Å². The summed E-state index contributed by atoms with van der Waals surface area (Å²) in [5.74, 6) is -1.93. The Kier molecular flexibility index (Phi) is 6.70. The summed E-state index contributed by atoms with van der Waals surface area (Å²) in [6.45, 7) is 0.0472. The Hall–Kier alpha value is -3.62. The number of benzene rings is 2. The highest BCUT2D eigenvalue weighted by atomic mass is 16.5. The minimum absolute atomic E-state index is 0.0337. The summed E-state index contributed by atoms with van der Waals surface area (Å²) in [7, 11) is 1.50. The molecule has 0 aliphatic rings. The van der Waals surface area contributed by atoms with Gasteiger partial charge in [0.1, 0.15) is 0 Å². The molecule has 9 nitrogen and oxygen atoms in total. The molecule has 144 valence electrons. The molecule has 5 N–H and O–H groups in total. The van der Waals surface area contributed by atoms with Crippen molar-refractivity contribution in [2.24, 2.45) is 0 Å². The zero-order valence-electron chi connectivity index (χ0n) is 14.6. The van der Waals surface area contributed by atoms with Gasteiger partial charge in [0.2, 0.25) is 0 Å². The number of carbonyl (C=O) groups excluding carboxylic acids is 2. The highest BCUT2D eigenvalue weighted by molar-refractivity contribution is 5.95. The number of rotatable bonds is 8. The number of amides is 2. The molecular weight excluding hydrogens is 356 g/mol. The standard InChI is InChI=1S/C18H20N2O7/c1-26-14-4-2-3-5-15(14)27-10-16(23)19-6-7-20-18(25)11-8-12(21)17(24)13(22)9-11/h2-5,8-9,21-22,24H,6-7,10H2,1H3,(H,19,23)(H,20,25). The van der Waals surface area contributed by atoms with Gasteiger partial charge in [-0.2, -0.15) is 0 Å². The minimum atomic E-state index is -0.700. The number of hydrogen-bond donors (Lipinski definition) is 5. The van der Waals surface area contributed by atoms with Crippen molar-refractivity contribution in [3.8, 4) is 28.7 Å². The predicted octanol–water partition coefficient (Wildman–Crippen LogP) is 0.737. The fourth-order valence-electron chi connectivity index (χ4n) is 2.15. The average molecular weight is 376 g/mol. The average Bonchev–Trinajstić information content (AvgIpc) is 2.67. The van der Waals surface area contributed by atoms with E-state index in [4.69, 9.17) is 9.47 Å². The number of para-hydroxylation sites is 2. The molecule has 2 rings (SSSR count). The number of phenolic OH excluding ortho intramolecular Hbond substituents is 3. The first-order valence-electron chi connectivity index (χ1n) is 7.98. The molecule has 0 unspecified atom stereocenters. The molecule has 0 aromatic heterocycles. The van der Waals surface area contributed by atoms with Crippen LogP contribution < -0.4 is 20.1 Å². The molecule has 2 aromatic rings. The fraction of sp³-hybridized carbons (Fsp3) is 0.222. The number of ether oxygens (including phenoxy) is 2. The monoisotopic (exact) mass is 376 g/mol. The Labute approximate surface area is 155 Å². The Morgan fingerprint density at radius 1 is 0.963 bits per heavy atom. The number of aromatic hydroxyl groups is 3. The van der Waals surface area contributed by atoms with Crippen LogP contribution in [0, 0.1) is 0 Å². The first kappa shape index (κ1) is 19.7. The van der Waals surface area contributed by atoms with Crippen molar-refractivity contribution in [3.05, 3.63) is 42.0 Å². The molecule has 0 saturated carbocycles. The summed E-state index contributed by atoms with van der Waals surface area (Å²) >= 11 is 0. The van der Waals surface area contributed by atoms with Crippen LogP contribution >= 0.6 is 0 Å². The quantitative estimate of drug-likeness (QED) is 0.338. The van der Waals surface area contributed by atoms with Gasteiger partial charge in [-0.3, -0.25) is 9.59 Å². The van der Waals surface area contributed by atoms with Crippen LogP contribution in [0.1, 0.15) is 10.4 Å². The van der Waals surface area contributed by atoms with E-state index in [1.165, 1.54) is 7.11 Å². The number of nitrogens with one attached hydrogen (secondary N) is 2. The second-order valence-corrected chi connectivity index (χ2v) is 5.41. The lowest BCUT2D eigenvalue weighted by Crippen LogP contribution is -2.36. The minimum Gasteiger partial charge on any atom is -0.504 e. The van der Waals surface area contributed by atoms with Gasteiger partial charge in [0, 0.05) is 18.7 Å². The molecule has 0 fully saturated rings. The summed E-state index contributed by atoms with van der Waals surface area (Å²) in [4.78, 5) is 23.7.